The lowest BCUT2D eigenvalue weighted by atomic mass is 10.4. The number of anilines is 1. The molecule has 2 aromatic heterocycles. The highest BCUT2D eigenvalue weighted by molar-refractivity contribution is 7.89. The van der Waals surface area contributed by atoms with E-state index >= 15 is 0 Å². The second-order valence-electron chi connectivity index (χ2n) is 4.76. The van der Waals surface area contributed by atoms with Gasteiger partial charge in [-0.1, -0.05) is 18.2 Å². The number of hydrogen-bond acceptors (Lipinski definition) is 8. The predicted molar refractivity (Wildman–Crippen MR) is 87.1 cm³/mol. The summed E-state index contributed by atoms with van der Waals surface area (Å²) in [5.74, 6) is -0.376. The first kappa shape index (κ1) is 16.8. The van der Waals surface area contributed by atoms with Crippen molar-refractivity contribution in [3.8, 4) is 0 Å². The van der Waals surface area contributed by atoms with Crippen LogP contribution in [0.3, 0.4) is 0 Å². The van der Waals surface area contributed by atoms with Crippen molar-refractivity contribution < 1.29 is 17.9 Å². The van der Waals surface area contributed by atoms with Gasteiger partial charge in [-0.05, 0) is 19.1 Å². The summed E-state index contributed by atoms with van der Waals surface area (Å²) in [6, 6.07) is 9.13. The Kier molecular flexibility index (Phi) is 4.59. The molecule has 0 fully saturated rings. The average molecular weight is 362 g/mol. The largest absolute Gasteiger partial charge is 0.461 e. The van der Waals surface area contributed by atoms with Gasteiger partial charge in [-0.25, -0.2) is 18.2 Å². The Bertz CT molecular complexity index is 1000. The number of esters is 1. The maximum Gasteiger partial charge on any atom is 0.357 e. The van der Waals surface area contributed by atoms with E-state index in [9.17, 15) is 13.2 Å². The molecule has 0 saturated heterocycles. The van der Waals surface area contributed by atoms with Crippen LogP contribution in [-0.2, 0) is 14.8 Å². The van der Waals surface area contributed by atoms with E-state index in [1.807, 2.05) is 0 Å². The van der Waals surface area contributed by atoms with Crippen LogP contribution in [0.25, 0.3) is 5.78 Å². The molecule has 1 aromatic carbocycles. The second-order valence-corrected chi connectivity index (χ2v) is 6.44. The minimum Gasteiger partial charge on any atom is -0.461 e. The highest BCUT2D eigenvalue weighted by atomic mass is 32.2. The van der Waals surface area contributed by atoms with Gasteiger partial charge >= 0.3 is 5.97 Å². The van der Waals surface area contributed by atoms with Gasteiger partial charge in [0.25, 0.3) is 15.8 Å². The molecule has 0 saturated carbocycles. The Balaban J connectivity index is 1.90. The van der Waals surface area contributed by atoms with E-state index in [0.717, 1.165) is 0 Å². The molecule has 130 valence electrons. The normalized spacial score (nSPS) is 11.4. The molecule has 0 aliphatic carbocycles. The SMILES string of the molecule is CCOC(=O)c1cc(NNS(=O)(=O)c2ccccc2)n2ncnc2n1. The van der Waals surface area contributed by atoms with Gasteiger partial charge < -0.3 is 4.74 Å². The van der Waals surface area contributed by atoms with Gasteiger partial charge in [-0.3, -0.25) is 5.43 Å². The lowest BCUT2D eigenvalue weighted by molar-refractivity contribution is 0.0519. The zero-order valence-electron chi connectivity index (χ0n) is 13.1. The molecule has 10 nitrogen and oxygen atoms in total. The van der Waals surface area contributed by atoms with Crippen LogP contribution in [0, 0.1) is 0 Å². The maximum absolute atomic E-state index is 12.3. The summed E-state index contributed by atoms with van der Waals surface area (Å²) in [4.78, 5) is 22.1. The Morgan fingerprint density at radius 1 is 1.28 bits per heavy atom. The molecular weight excluding hydrogens is 348 g/mol. The van der Waals surface area contributed by atoms with Crippen LogP contribution in [0.5, 0.6) is 0 Å². The first-order valence-corrected chi connectivity index (χ1v) is 8.70. The molecule has 0 bridgehead atoms. The molecule has 2 heterocycles. The number of hydrogen-bond donors (Lipinski definition) is 2. The highest BCUT2D eigenvalue weighted by Gasteiger charge is 2.17. The Labute approximate surface area is 142 Å². The molecule has 0 radical (unpaired) electrons. The van der Waals surface area contributed by atoms with Gasteiger partial charge in [0.05, 0.1) is 11.5 Å². The van der Waals surface area contributed by atoms with Crippen LogP contribution in [-0.4, -0.2) is 40.6 Å². The summed E-state index contributed by atoms with van der Waals surface area (Å²) in [7, 11) is -3.81. The molecule has 0 amide bonds. The third-order valence-corrected chi connectivity index (χ3v) is 4.37. The Morgan fingerprint density at radius 3 is 2.76 bits per heavy atom. The molecule has 0 aliphatic heterocycles. The van der Waals surface area contributed by atoms with E-state index < -0.39 is 16.0 Å². The molecule has 3 rings (SSSR count). The molecule has 0 unspecified atom stereocenters. The van der Waals surface area contributed by atoms with Gasteiger partial charge in [0.15, 0.2) is 5.69 Å². The summed E-state index contributed by atoms with van der Waals surface area (Å²) in [5, 5.41) is 3.93. The fraction of sp³-hybridized carbons (Fsp3) is 0.143. The van der Waals surface area contributed by atoms with Crippen molar-refractivity contribution in [3.05, 3.63) is 48.4 Å². The molecule has 0 spiro atoms. The number of sulfonamides is 1. The Hall–Kier alpha value is -3.05. The van der Waals surface area contributed by atoms with Crippen LogP contribution in [0.15, 0.2) is 47.6 Å². The van der Waals surface area contributed by atoms with Crippen molar-refractivity contribution in [3.63, 3.8) is 0 Å². The van der Waals surface area contributed by atoms with Crippen molar-refractivity contribution in [2.24, 2.45) is 0 Å². The first-order valence-electron chi connectivity index (χ1n) is 7.22. The molecule has 2 N–H and O–H groups in total. The third-order valence-electron chi connectivity index (χ3n) is 3.10. The van der Waals surface area contributed by atoms with Crippen molar-refractivity contribution in [2.75, 3.05) is 12.0 Å². The van der Waals surface area contributed by atoms with Crippen molar-refractivity contribution in [1.29, 1.82) is 0 Å². The molecule has 0 aliphatic rings. The van der Waals surface area contributed by atoms with Gasteiger partial charge in [-0.2, -0.15) is 14.6 Å². The summed E-state index contributed by atoms with van der Waals surface area (Å²) in [5.41, 5.74) is 2.50. The topological polar surface area (TPSA) is 128 Å². The summed E-state index contributed by atoms with van der Waals surface area (Å²) in [6.45, 7) is 1.85. The quantitative estimate of drug-likeness (QED) is 0.482. The molecular formula is C14H14N6O4S. The molecule has 25 heavy (non-hydrogen) atoms. The summed E-state index contributed by atoms with van der Waals surface area (Å²) >= 11 is 0. The smallest absolute Gasteiger partial charge is 0.357 e. The predicted octanol–water partition coefficient (Wildman–Crippen LogP) is 0.606. The number of nitrogens with one attached hydrogen (secondary N) is 2. The monoisotopic (exact) mass is 362 g/mol. The third kappa shape index (κ3) is 3.56. The number of carbonyl (C=O) groups excluding carboxylic acids is 1. The van der Waals surface area contributed by atoms with Gasteiger partial charge in [-0.15, -0.1) is 4.83 Å². The summed E-state index contributed by atoms with van der Waals surface area (Å²) < 4.78 is 30.7. The van der Waals surface area contributed by atoms with Crippen LogP contribution in [0.2, 0.25) is 0 Å². The first-order chi connectivity index (χ1) is 12.0. The number of aromatic nitrogens is 4. The fourth-order valence-electron chi connectivity index (χ4n) is 1.99. The number of rotatable bonds is 6. The van der Waals surface area contributed by atoms with E-state index in [2.05, 4.69) is 25.3 Å². The van der Waals surface area contributed by atoms with E-state index in [1.165, 1.54) is 29.0 Å². The number of nitrogens with zero attached hydrogens (tertiary/aromatic N) is 4. The number of fused-ring (bicyclic) bond motifs is 1. The fourth-order valence-corrected chi connectivity index (χ4v) is 2.86. The Morgan fingerprint density at radius 2 is 2.04 bits per heavy atom. The van der Waals surface area contributed by atoms with E-state index in [0.29, 0.717) is 0 Å². The number of carbonyl (C=O) groups is 1. The van der Waals surface area contributed by atoms with Gasteiger partial charge in [0.2, 0.25) is 0 Å². The van der Waals surface area contributed by atoms with Gasteiger partial charge in [0.1, 0.15) is 12.1 Å². The van der Waals surface area contributed by atoms with E-state index in [4.69, 9.17) is 4.74 Å². The number of benzene rings is 1. The molecule has 3 aromatic rings. The zero-order valence-corrected chi connectivity index (χ0v) is 13.9. The standard InChI is InChI=1S/C14H14N6O4S/c1-2-24-13(21)11-8-12(20-14(17-11)15-9-16-20)18-19-25(22,23)10-6-4-3-5-7-10/h3-9,18-19H,2H2,1H3. The van der Waals surface area contributed by atoms with Gasteiger partial charge in [0, 0.05) is 6.07 Å². The van der Waals surface area contributed by atoms with Crippen LogP contribution >= 0.6 is 0 Å². The van der Waals surface area contributed by atoms with E-state index in [-0.39, 0.29) is 28.8 Å². The second kappa shape index (κ2) is 6.83. The summed E-state index contributed by atoms with van der Waals surface area (Å²) in [6.07, 6.45) is 1.23. The average Bonchev–Trinajstić information content (AvgIpc) is 3.09. The van der Waals surface area contributed by atoms with Crippen molar-refractivity contribution in [2.45, 2.75) is 11.8 Å². The van der Waals surface area contributed by atoms with Crippen molar-refractivity contribution >= 4 is 27.6 Å². The minimum absolute atomic E-state index is 0.0243. The lowest BCUT2D eigenvalue weighted by Crippen LogP contribution is -2.31. The van der Waals surface area contributed by atoms with Crippen LogP contribution in [0.4, 0.5) is 5.82 Å². The molecule has 0 atom stereocenters. The number of hydrazine groups is 1. The van der Waals surface area contributed by atoms with Crippen LogP contribution < -0.4 is 10.3 Å². The maximum atomic E-state index is 12.3. The minimum atomic E-state index is -3.81. The van der Waals surface area contributed by atoms with E-state index in [1.54, 1.807) is 25.1 Å². The lowest BCUT2D eigenvalue weighted by Gasteiger charge is -2.11. The zero-order chi connectivity index (χ0) is 17.9. The van der Waals surface area contributed by atoms with Crippen molar-refractivity contribution in [1.82, 2.24) is 24.4 Å². The number of ether oxygens (including phenoxy) is 1. The highest BCUT2D eigenvalue weighted by Crippen LogP contribution is 2.13. The molecule has 11 heteroatoms. The van der Waals surface area contributed by atoms with Crippen LogP contribution in [0.1, 0.15) is 17.4 Å².